The molecule has 0 aliphatic carbocycles. The monoisotopic (exact) mass is 434 g/mol. The van der Waals surface area contributed by atoms with Gasteiger partial charge in [0.15, 0.2) is 11.5 Å². The second kappa shape index (κ2) is 10.6. The Balaban J connectivity index is 1.72. The lowest BCUT2D eigenvalue weighted by atomic mass is 10.1. The molecule has 3 rings (SSSR count). The van der Waals surface area contributed by atoms with Crippen LogP contribution in [0.15, 0.2) is 71.8 Å². The van der Waals surface area contributed by atoms with Gasteiger partial charge in [-0.2, -0.15) is 5.10 Å². The van der Waals surface area contributed by atoms with Crippen LogP contribution in [0.5, 0.6) is 17.2 Å². The van der Waals surface area contributed by atoms with Gasteiger partial charge in [0.05, 0.1) is 26.0 Å². The number of carbonyl (C=O) groups excluding carboxylic acids is 1. The Kier molecular flexibility index (Phi) is 7.42. The van der Waals surface area contributed by atoms with Crippen molar-refractivity contribution < 1.29 is 28.9 Å². The van der Waals surface area contributed by atoms with Crippen LogP contribution in [0.1, 0.15) is 31.8 Å². The molecule has 164 valence electrons. The first kappa shape index (κ1) is 22.4. The van der Waals surface area contributed by atoms with Crippen LogP contribution in [0.4, 0.5) is 0 Å². The normalized spacial score (nSPS) is 10.6. The van der Waals surface area contributed by atoms with E-state index < -0.39 is 5.97 Å². The third-order valence-corrected chi connectivity index (χ3v) is 4.51. The topological polar surface area (TPSA) is 106 Å². The lowest BCUT2D eigenvalue weighted by Crippen LogP contribution is -2.17. The lowest BCUT2D eigenvalue weighted by molar-refractivity contribution is 0.0696. The molecule has 0 bridgehead atoms. The molecule has 8 heteroatoms. The van der Waals surface area contributed by atoms with Gasteiger partial charge in [-0.15, -0.1) is 0 Å². The number of benzene rings is 3. The van der Waals surface area contributed by atoms with E-state index in [0.717, 1.165) is 5.56 Å². The second-order valence-corrected chi connectivity index (χ2v) is 6.60. The minimum atomic E-state index is -0.989. The first-order valence-corrected chi connectivity index (χ1v) is 9.61. The van der Waals surface area contributed by atoms with E-state index >= 15 is 0 Å². The SMILES string of the molecule is COc1cccc(C(=O)N/N=C\c2cccc(OC)c2OCc2ccc(C(=O)O)cc2)c1. The molecule has 1 amide bonds. The summed E-state index contributed by atoms with van der Waals surface area (Å²) in [5, 5.41) is 13.0. The van der Waals surface area contributed by atoms with Crippen molar-refractivity contribution in [2.45, 2.75) is 6.61 Å². The highest BCUT2D eigenvalue weighted by molar-refractivity contribution is 5.95. The van der Waals surface area contributed by atoms with Crippen molar-refractivity contribution >= 4 is 18.1 Å². The number of ether oxygens (including phenoxy) is 3. The number of hydrogen-bond acceptors (Lipinski definition) is 6. The number of hydrazone groups is 1. The maximum Gasteiger partial charge on any atom is 0.335 e. The van der Waals surface area contributed by atoms with Crippen molar-refractivity contribution in [3.8, 4) is 17.2 Å². The average molecular weight is 434 g/mol. The van der Waals surface area contributed by atoms with E-state index in [0.29, 0.717) is 28.4 Å². The van der Waals surface area contributed by atoms with Gasteiger partial charge in [-0.3, -0.25) is 4.79 Å². The third-order valence-electron chi connectivity index (χ3n) is 4.51. The average Bonchev–Trinajstić information content (AvgIpc) is 2.83. The summed E-state index contributed by atoms with van der Waals surface area (Å²) in [6.45, 7) is 0.192. The van der Waals surface area contributed by atoms with Crippen LogP contribution in [0.25, 0.3) is 0 Å². The van der Waals surface area contributed by atoms with E-state index in [-0.39, 0.29) is 18.1 Å². The van der Waals surface area contributed by atoms with E-state index in [1.54, 1.807) is 54.6 Å². The smallest absolute Gasteiger partial charge is 0.335 e. The van der Waals surface area contributed by atoms with Crippen molar-refractivity contribution in [3.63, 3.8) is 0 Å². The number of nitrogens with one attached hydrogen (secondary N) is 1. The predicted molar refractivity (Wildman–Crippen MR) is 119 cm³/mol. The molecule has 0 aromatic heterocycles. The Bertz CT molecular complexity index is 1130. The van der Waals surface area contributed by atoms with Crippen LogP contribution in [0.2, 0.25) is 0 Å². The zero-order valence-electron chi connectivity index (χ0n) is 17.6. The quantitative estimate of drug-likeness (QED) is 0.393. The first-order chi connectivity index (χ1) is 15.5. The Morgan fingerprint density at radius 3 is 2.41 bits per heavy atom. The number of aromatic carboxylic acids is 1. The Morgan fingerprint density at radius 1 is 0.969 bits per heavy atom. The molecular weight excluding hydrogens is 412 g/mol. The van der Waals surface area contributed by atoms with Crippen LogP contribution in [-0.4, -0.2) is 37.4 Å². The van der Waals surface area contributed by atoms with E-state index in [1.807, 2.05) is 0 Å². The van der Waals surface area contributed by atoms with Gasteiger partial charge in [-0.25, -0.2) is 10.2 Å². The molecule has 0 fully saturated rings. The van der Waals surface area contributed by atoms with Crippen molar-refractivity contribution in [2.75, 3.05) is 14.2 Å². The minimum absolute atomic E-state index is 0.192. The highest BCUT2D eigenvalue weighted by Gasteiger charge is 2.11. The third kappa shape index (κ3) is 5.63. The van der Waals surface area contributed by atoms with Crippen LogP contribution in [0, 0.1) is 0 Å². The molecule has 0 saturated carbocycles. The molecule has 0 unspecified atom stereocenters. The second-order valence-electron chi connectivity index (χ2n) is 6.60. The summed E-state index contributed by atoms with van der Waals surface area (Å²) in [4.78, 5) is 23.3. The fourth-order valence-corrected chi connectivity index (χ4v) is 2.84. The van der Waals surface area contributed by atoms with Crippen LogP contribution in [-0.2, 0) is 6.61 Å². The zero-order valence-corrected chi connectivity index (χ0v) is 17.6. The Hall–Kier alpha value is -4.33. The molecule has 8 nitrogen and oxygen atoms in total. The summed E-state index contributed by atoms with van der Waals surface area (Å²) < 4.78 is 16.4. The fraction of sp³-hybridized carbons (Fsp3) is 0.125. The number of rotatable bonds is 9. The number of hydrogen-bond donors (Lipinski definition) is 2. The van der Waals surface area contributed by atoms with Gasteiger partial charge >= 0.3 is 5.97 Å². The van der Waals surface area contributed by atoms with Gasteiger partial charge in [0.2, 0.25) is 0 Å². The molecule has 0 saturated heterocycles. The standard InChI is InChI=1S/C24H22N2O6/c1-30-20-7-3-5-18(13-20)23(27)26-25-14-19-6-4-8-21(31-2)22(19)32-15-16-9-11-17(12-10-16)24(28)29/h3-14H,15H2,1-2H3,(H,26,27)(H,28,29)/b25-14-. The number of carbonyl (C=O) groups is 2. The van der Waals surface area contributed by atoms with Gasteiger partial charge in [0.25, 0.3) is 5.91 Å². The maximum absolute atomic E-state index is 12.3. The minimum Gasteiger partial charge on any atom is -0.497 e. The fourth-order valence-electron chi connectivity index (χ4n) is 2.84. The van der Waals surface area contributed by atoms with Crippen molar-refractivity contribution in [1.29, 1.82) is 0 Å². The van der Waals surface area contributed by atoms with Crippen LogP contribution in [0.3, 0.4) is 0 Å². The van der Waals surface area contributed by atoms with E-state index in [1.165, 1.54) is 32.6 Å². The van der Waals surface area contributed by atoms with E-state index in [2.05, 4.69) is 10.5 Å². The number of amides is 1. The number of nitrogens with zero attached hydrogens (tertiary/aromatic N) is 1. The molecule has 0 heterocycles. The number of carboxylic acid groups (broad SMARTS) is 1. The molecule has 0 atom stereocenters. The molecule has 3 aromatic carbocycles. The van der Waals surface area contributed by atoms with E-state index in [9.17, 15) is 9.59 Å². The number of para-hydroxylation sites is 1. The molecule has 3 aromatic rings. The summed E-state index contributed by atoms with van der Waals surface area (Å²) in [6, 6.07) is 18.4. The summed E-state index contributed by atoms with van der Waals surface area (Å²) in [5.74, 6) is 0.133. The molecule has 0 aliphatic heterocycles. The van der Waals surface area contributed by atoms with Gasteiger partial charge in [-0.05, 0) is 48.0 Å². The molecule has 32 heavy (non-hydrogen) atoms. The van der Waals surface area contributed by atoms with Crippen LogP contribution >= 0.6 is 0 Å². The highest BCUT2D eigenvalue weighted by atomic mass is 16.5. The molecule has 0 radical (unpaired) electrons. The van der Waals surface area contributed by atoms with Crippen molar-refractivity contribution in [2.24, 2.45) is 5.10 Å². The Labute approximate surface area is 185 Å². The molecule has 2 N–H and O–H groups in total. The van der Waals surface area contributed by atoms with Crippen molar-refractivity contribution in [1.82, 2.24) is 5.43 Å². The number of methoxy groups -OCH3 is 2. The maximum atomic E-state index is 12.3. The van der Waals surface area contributed by atoms with Gasteiger partial charge < -0.3 is 19.3 Å². The molecular formula is C24H22N2O6. The van der Waals surface area contributed by atoms with Gasteiger partial charge in [0.1, 0.15) is 12.4 Å². The van der Waals surface area contributed by atoms with E-state index in [4.69, 9.17) is 19.3 Å². The zero-order chi connectivity index (χ0) is 22.9. The predicted octanol–water partition coefficient (Wildman–Crippen LogP) is 3.74. The first-order valence-electron chi connectivity index (χ1n) is 9.61. The molecule has 0 spiro atoms. The lowest BCUT2D eigenvalue weighted by Gasteiger charge is -2.13. The summed E-state index contributed by atoms with van der Waals surface area (Å²) in [5.41, 5.74) is 4.47. The molecule has 0 aliphatic rings. The van der Waals surface area contributed by atoms with Gasteiger partial charge in [-0.1, -0.05) is 24.3 Å². The summed E-state index contributed by atoms with van der Waals surface area (Å²) in [6.07, 6.45) is 1.46. The highest BCUT2D eigenvalue weighted by Crippen LogP contribution is 2.31. The summed E-state index contributed by atoms with van der Waals surface area (Å²) in [7, 11) is 3.05. The largest absolute Gasteiger partial charge is 0.497 e. The van der Waals surface area contributed by atoms with Crippen molar-refractivity contribution in [3.05, 3.63) is 89.0 Å². The Morgan fingerprint density at radius 2 is 1.72 bits per heavy atom. The van der Waals surface area contributed by atoms with Crippen LogP contribution < -0.4 is 19.6 Å². The number of carboxylic acids is 1. The van der Waals surface area contributed by atoms with Gasteiger partial charge in [0, 0.05) is 11.1 Å². The summed E-state index contributed by atoms with van der Waals surface area (Å²) >= 11 is 0.